The molecule has 0 spiro atoms. The van der Waals surface area contributed by atoms with Gasteiger partial charge in [0.1, 0.15) is 23.0 Å². The zero-order valence-electron chi connectivity index (χ0n) is 18.1. The first-order valence-corrected chi connectivity index (χ1v) is 11.6. The van der Waals surface area contributed by atoms with Gasteiger partial charge in [-0.3, -0.25) is 4.31 Å². The molecule has 0 radical (unpaired) electrons. The maximum absolute atomic E-state index is 13.2. The first-order chi connectivity index (χ1) is 15.9. The molecule has 0 aliphatic heterocycles. The molecule has 1 aromatic heterocycles. The van der Waals surface area contributed by atoms with Crippen LogP contribution in [-0.4, -0.2) is 26.4 Å². The Morgan fingerprint density at radius 1 is 0.939 bits per heavy atom. The highest BCUT2D eigenvalue weighted by Crippen LogP contribution is 2.26. The molecule has 168 valence electrons. The predicted molar refractivity (Wildman–Crippen MR) is 124 cm³/mol. The van der Waals surface area contributed by atoms with Gasteiger partial charge in [-0.25, -0.2) is 18.2 Å². The summed E-state index contributed by atoms with van der Waals surface area (Å²) in [6, 6.07) is 24.0. The van der Waals surface area contributed by atoms with Crippen molar-refractivity contribution in [2.45, 2.75) is 18.4 Å². The minimum absolute atomic E-state index is 0.0512. The van der Waals surface area contributed by atoms with E-state index in [-0.39, 0.29) is 17.1 Å². The van der Waals surface area contributed by atoms with Crippen molar-refractivity contribution in [3.63, 3.8) is 0 Å². The van der Waals surface area contributed by atoms with Crippen molar-refractivity contribution in [1.29, 1.82) is 0 Å². The van der Waals surface area contributed by atoms with Crippen LogP contribution in [0.3, 0.4) is 0 Å². The zero-order chi connectivity index (χ0) is 23.4. The smallest absolute Gasteiger partial charge is 0.339 e. The number of carbonyl (C=O) groups excluding carboxylic acids is 1. The molecular weight excluding hydrogens is 440 g/mol. The minimum Gasteiger partial charge on any atom is -0.455 e. The van der Waals surface area contributed by atoms with E-state index < -0.39 is 16.0 Å². The van der Waals surface area contributed by atoms with Crippen molar-refractivity contribution in [2.75, 3.05) is 11.4 Å². The molecular formula is C25H22N2O5S. The number of aryl methyl sites for hydroxylation is 1. The van der Waals surface area contributed by atoms with Gasteiger partial charge in [0.15, 0.2) is 0 Å². The van der Waals surface area contributed by atoms with E-state index in [2.05, 4.69) is 4.98 Å². The standard InChI is InChI=1S/C25H22N2O5S/c1-18-22(26-24(32-18)19-11-5-3-6-12-19)17-31-25(28)21-15-9-10-16-23(21)33(29,30)27(2)20-13-7-4-8-14-20/h3-16H,17H2,1-2H3. The van der Waals surface area contributed by atoms with Crippen LogP contribution >= 0.6 is 0 Å². The molecule has 33 heavy (non-hydrogen) atoms. The molecule has 7 nitrogen and oxygen atoms in total. The molecule has 0 atom stereocenters. The summed E-state index contributed by atoms with van der Waals surface area (Å²) in [6.45, 7) is 1.58. The molecule has 8 heteroatoms. The number of anilines is 1. The Morgan fingerprint density at radius 3 is 2.24 bits per heavy atom. The quantitative estimate of drug-likeness (QED) is 0.365. The molecule has 0 unspecified atom stereocenters. The number of hydrogen-bond acceptors (Lipinski definition) is 6. The van der Waals surface area contributed by atoms with E-state index in [0.29, 0.717) is 23.0 Å². The molecule has 3 aromatic carbocycles. The van der Waals surface area contributed by atoms with Gasteiger partial charge < -0.3 is 9.15 Å². The lowest BCUT2D eigenvalue weighted by molar-refractivity contribution is 0.0462. The number of ether oxygens (including phenoxy) is 1. The van der Waals surface area contributed by atoms with Crippen LogP contribution in [0.25, 0.3) is 11.5 Å². The van der Waals surface area contributed by atoms with Gasteiger partial charge in [0, 0.05) is 12.6 Å². The van der Waals surface area contributed by atoms with Gasteiger partial charge in [0.05, 0.1) is 11.3 Å². The highest BCUT2D eigenvalue weighted by atomic mass is 32.2. The lowest BCUT2D eigenvalue weighted by atomic mass is 10.2. The lowest BCUT2D eigenvalue weighted by Crippen LogP contribution is -2.28. The van der Waals surface area contributed by atoms with Gasteiger partial charge in [0.25, 0.3) is 10.0 Å². The van der Waals surface area contributed by atoms with Crippen molar-refractivity contribution >= 4 is 21.7 Å². The fourth-order valence-corrected chi connectivity index (χ4v) is 4.64. The maximum atomic E-state index is 13.2. The third-order valence-corrected chi connectivity index (χ3v) is 6.96. The second kappa shape index (κ2) is 9.30. The second-order valence-corrected chi connectivity index (χ2v) is 9.21. The molecule has 4 aromatic rings. The van der Waals surface area contributed by atoms with E-state index in [1.54, 1.807) is 49.4 Å². The highest BCUT2D eigenvalue weighted by Gasteiger charge is 2.27. The Labute approximate surface area is 192 Å². The first-order valence-electron chi connectivity index (χ1n) is 10.2. The molecule has 0 aliphatic rings. The summed E-state index contributed by atoms with van der Waals surface area (Å²) in [5.41, 5.74) is 1.69. The van der Waals surface area contributed by atoms with E-state index in [9.17, 15) is 13.2 Å². The summed E-state index contributed by atoms with van der Waals surface area (Å²) in [5, 5.41) is 0. The summed E-state index contributed by atoms with van der Waals surface area (Å²) < 4.78 is 38.7. The average Bonchev–Trinajstić information content (AvgIpc) is 3.23. The number of oxazole rings is 1. The number of aromatic nitrogens is 1. The number of hydrogen-bond donors (Lipinski definition) is 0. The summed E-state index contributed by atoms with van der Waals surface area (Å²) in [7, 11) is -2.55. The van der Waals surface area contributed by atoms with Crippen LogP contribution in [0.5, 0.6) is 0 Å². The molecule has 0 saturated carbocycles. The largest absolute Gasteiger partial charge is 0.455 e. The van der Waals surface area contributed by atoms with Crippen LogP contribution in [0.1, 0.15) is 21.8 Å². The maximum Gasteiger partial charge on any atom is 0.339 e. The molecule has 4 rings (SSSR count). The number of esters is 1. The third kappa shape index (κ3) is 4.65. The van der Waals surface area contributed by atoms with E-state index in [1.807, 2.05) is 30.3 Å². The second-order valence-electron chi connectivity index (χ2n) is 7.27. The van der Waals surface area contributed by atoms with Gasteiger partial charge in [0.2, 0.25) is 5.89 Å². The van der Waals surface area contributed by atoms with Crippen LogP contribution in [-0.2, 0) is 21.4 Å². The van der Waals surface area contributed by atoms with Gasteiger partial charge in [-0.05, 0) is 43.3 Å². The number of sulfonamides is 1. The molecule has 0 bridgehead atoms. The highest BCUT2D eigenvalue weighted by molar-refractivity contribution is 7.92. The van der Waals surface area contributed by atoms with Crippen molar-refractivity contribution in [3.05, 3.63) is 102 Å². The minimum atomic E-state index is -3.99. The molecule has 0 saturated heterocycles. The van der Waals surface area contributed by atoms with Gasteiger partial charge >= 0.3 is 5.97 Å². The van der Waals surface area contributed by atoms with E-state index in [1.165, 1.54) is 19.2 Å². The summed E-state index contributed by atoms with van der Waals surface area (Å²) in [6.07, 6.45) is 0. The van der Waals surface area contributed by atoms with E-state index in [0.717, 1.165) is 9.87 Å². The first kappa shape index (κ1) is 22.3. The Kier molecular flexibility index (Phi) is 6.28. The van der Waals surface area contributed by atoms with Crippen LogP contribution < -0.4 is 4.31 Å². The Hall–Kier alpha value is -3.91. The molecule has 0 amide bonds. The average molecular weight is 463 g/mol. The number of nitrogens with zero attached hydrogens (tertiary/aromatic N) is 2. The Balaban J connectivity index is 1.55. The van der Waals surface area contributed by atoms with Crippen molar-refractivity contribution in [3.8, 4) is 11.5 Å². The van der Waals surface area contributed by atoms with Gasteiger partial charge in [-0.1, -0.05) is 48.5 Å². The van der Waals surface area contributed by atoms with Crippen molar-refractivity contribution in [1.82, 2.24) is 4.98 Å². The Bertz CT molecular complexity index is 1370. The summed E-state index contributed by atoms with van der Waals surface area (Å²) in [5.74, 6) is 0.178. The molecule has 0 N–H and O–H groups in total. The van der Waals surface area contributed by atoms with Crippen molar-refractivity contribution in [2.24, 2.45) is 0 Å². The summed E-state index contributed by atoms with van der Waals surface area (Å²) >= 11 is 0. The molecule has 0 aliphatic carbocycles. The lowest BCUT2D eigenvalue weighted by Gasteiger charge is -2.20. The van der Waals surface area contributed by atoms with E-state index in [4.69, 9.17) is 9.15 Å². The normalized spacial score (nSPS) is 11.2. The van der Waals surface area contributed by atoms with Gasteiger partial charge in [-0.2, -0.15) is 0 Å². The number of rotatable bonds is 7. The van der Waals surface area contributed by atoms with Crippen LogP contribution in [0, 0.1) is 6.92 Å². The van der Waals surface area contributed by atoms with E-state index >= 15 is 0 Å². The fourth-order valence-electron chi connectivity index (χ4n) is 3.26. The number of benzene rings is 3. The molecule has 0 fully saturated rings. The van der Waals surface area contributed by atoms with Crippen LogP contribution in [0.15, 0.2) is 94.2 Å². The third-order valence-electron chi connectivity index (χ3n) is 5.12. The van der Waals surface area contributed by atoms with Crippen molar-refractivity contribution < 1.29 is 22.4 Å². The summed E-state index contributed by atoms with van der Waals surface area (Å²) in [4.78, 5) is 17.1. The molecule has 1 heterocycles. The topological polar surface area (TPSA) is 89.7 Å². The zero-order valence-corrected chi connectivity index (χ0v) is 19.0. The van der Waals surface area contributed by atoms with Crippen LogP contribution in [0.4, 0.5) is 5.69 Å². The van der Waals surface area contributed by atoms with Crippen LogP contribution in [0.2, 0.25) is 0 Å². The SMILES string of the molecule is Cc1oc(-c2ccccc2)nc1COC(=O)c1ccccc1S(=O)(=O)N(C)c1ccccc1. The monoisotopic (exact) mass is 462 g/mol. The van der Waals surface area contributed by atoms with Gasteiger partial charge in [-0.15, -0.1) is 0 Å². The number of para-hydroxylation sites is 1. The number of carbonyl (C=O) groups is 1. The fraction of sp³-hybridized carbons (Fsp3) is 0.120. The Morgan fingerprint density at radius 2 is 1.55 bits per heavy atom. The predicted octanol–water partition coefficient (Wildman–Crippen LogP) is 4.83.